The molecular formula is C13H19NO3S. The highest BCUT2D eigenvalue weighted by Gasteiger charge is 2.05. The average molecular weight is 269 g/mol. The molecule has 1 amide bonds. The zero-order chi connectivity index (χ0) is 13.4. The quantitative estimate of drug-likeness (QED) is 0.739. The summed E-state index contributed by atoms with van der Waals surface area (Å²) >= 11 is 1.46. The fourth-order valence-electron chi connectivity index (χ4n) is 1.25. The molecule has 0 radical (unpaired) electrons. The van der Waals surface area contributed by atoms with E-state index in [1.165, 1.54) is 11.8 Å². The van der Waals surface area contributed by atoms with Crippen molar-refractivity contribution in [2.24, 2.45) is 0 Å². The van der Waals surface area contributed by atoms with Gasteiger partial charge in [0.2, 0.25) is 5.91 Å². The van der Waals surface area contributed by atoms with Gasteiger partial charge in [-0.1, -0.05) is 6.92 Å². The number of methoxy groups -OCH3 is 1. The van der Waals surface area contributed by atoms with Crippen molar-refractivity contribution in [2.75, 3.05) is 19.4 Å². The Kier molecular flexibility index (Phi) is 6.60. The van der Waals surface area contributed by atoms with E-state index in [-0.39, 0.29) is 5.91 Å². The summed E-state index contributed by atoms with van der Waals surface area (Å²) in [5, 5.41) is 12.0. The van der Waals surface area contributed by atoms with E-state index in [2.05, 4.69) is 5.32 Å². The van der Waals surface area contributed by atoms with Crippen LogP contribution < -0.4 is 10.1 Å². The smallest absolute Gasteiger partial charge is 0.230 e. The van der Waals surface area contributed by atoms with Crippen LogP contribution in [0.5, 0.6) is 5.75 Å². The molecule has 1 aromatic carbocycles. The highest BCUT2D eigenvalue weighted by Crippen LogP contribution is 2.20. The average Bonchev–Trinajstić information content (AvgIpc) is 2.42. The molecule has 5 heteroatoms. The molecular weight excluding hydrogens is 250 g/mol. The SMILES string of the molecule is CCC(O)CNC(=O)CSc1ccc(OC)cc1. The molecule has 0 aliphatic heterocycles. The number of thioether (sulfide) groups is 1. The molecule has 1 unspecified atom stereocenters. The lowest BCUT2D eigenvalue weighted by molar-refractivity contribution is -0.119. The van der Waals surface area contributed by atoms with E-state index in [1.807, 2.05) is 31.2 Å². The summed E-state index contributed by atoms with van der Waals surface area (Å²) in [7, 11) is 1.62. The van der Waals surface area contributed by atoms with E-state index in [0.29, 0.717) is 18.7 Å². The van der Waals surface area contributed by atoms with Crippen LogP contribution in [-0.4, -0.2) is 36.5 Å². The lowest BCUT2D eigenvalue weighted by atomic mass is 10.3. The van der Waals surface area contributed by atoms with Gasteiger partial charge in [-0.25, -0.2) is 0 Å². The number of carbonyl (C=O) groups is 1. The molecule has 100 valence electrons. The maximum absolute atomic E-state index is 11.5. The fourth-order valence-corrected chi connectivity index (χ4v) is 1.98. The van der Waals surface area contributed by atoms with Gasteiger partial charge in [0.15, 0.2) is 0 Å². The van der Waals surface area contributed by atoms with E-state index in [4.69, 9.17) is 4.74 Å². The van der Waals surface area contributed by atoms with Gasteiger partial charge in [0, 0.05) is 11.4 Å². The Hall–Kier alpha value is -1.20. The van der Waals surface area contributed by atoms with E-state index in [9.17, 15) is 9.90 Å². The normalized spacial score (nSPS) is 11.9. The first kappa shape index (κ1) is 14.9. The molecule has 1 aromatic rings. The number of rotatable bonds is 7. The van der Waals surface area contributed by atoms with Crippen molar-refractivity contribution in [1.29, 1.82) is 0 Å². The number of nitrogens with one attached hydrogen (secondary N) is 1. The van der Waals surface area contributed by atoms with Crippen LogP contribution in [0.4, 0.5) is 0 Å². The van der Waals surface area contributed by atoms with E-state index in [1.54, 1.807) is 7.11 Å². The molecule has 0 saturated carbocycles. The summed E-state index contributed by atoms with van der Waals surface area (Å²) in [6.45, 7) is 2.20. The Labute approximate surface area is 112 Å². The lowest BCUT2D eigenvalue weighted by Gasteiger charge is -2.09. The van der Waals surface area contributed by atoms with Gasteiger partial charge < -0.3 is 15.2 Å². The summed E-state index contributed by atoms with van der Waals surface area (Å²) in [5.74, 6) is 1.08. The molecule has 0 aromatic heterocycles. The first-order chi connectivity index (χ1) is 8.65. The second-order valence-electron chi connectivity index (χ2n) is 3.83. The Morgan fingerprint density at radius 3 is 2.67 bits per heavy atom. The summed E-state index contributed by atoms with van der Waals surface area (Å²) in [5.41, 5.74) is 0. The number of aliphatic hydroxyl groups is 1. The molecule has 18 heavy (non-hydrogen) atoms. The standard InChI is InChI=1S/C13H19NO3S/c1-3-10(15)8-14-13(16)9-18-12-6-4-11(17-2)5-7-12/h4-7,10,15H,3,8-9H2,1-2H3,(H,14,16). The highest BCUT2D eigenvalue weighted by atomic mass is 32.2. The minimum Gasteiger partial charge on any atom is -0.497 e. The highest BCUT2D eigenvalue weighted by molar-refractivity contribution is 8.00. The second kappa shape index (κ2) is 8.00. The van der Waals surface area contributed by atoms with Gasteiger partial charge in [0.25, 0.3) is 0 Å². The lowest BCUT2D eigenvalue weighted by Crippen LogP contribution is -2.32. The number of carbonyl (C=O) groups excluding carboxylic acids is 1. The Morgan fingerprint density at radius 1 is 1.44 bits per heavy atom. The van der Waals surface area contributed by atoms with Crippen LogP contribution in [0.2, 0.25) is 0 Å². The van der Waals surface area contributed by atoms with Crippen LogP contribution in [-0.2, 0) is 4.79 Å². The number of hydrogen-bond acceptors (Lipinski definition) is 4. The van der Waals surface area contributed by atoms with Crippen molar-refractivity contribution in [3.63, 3.8) is 0 Å². The largest absolute Gasteiger partial charge is 0.497 e. The Balaban J connectivity index is 2.29. The van der Waals surface area contributed by atoms with Crippen LogP contribution in [0.1, 0.15) is 13.3 Å². The first-order valence-electron chi connectivity index (χ1n) is 5.87. The molecule has 0 heterocycles. The van der Waals surface area contributed by atoms with Gasteiger partial charge in [-0.2, -0.15) is 0 Å². The molecule has 0 spiro atoms. The van der Waals surface area contributed by atoms with E-state index >= 15 is 0 Å². The minimum atomic E-state index is -0.458. The molecule has 1 rings (SSSR count). The molecule has 0 fully saturated rings. The number of benzene rings is 1. The van der Waals surface area contributed by atoms with Gasteiger partial charge in [0.05, 0.1) is 19.0 Å². The van der Waals surface area contributed by atoms with Crippen LogP contribution in [0.3, 0.4) is 0 Å². The van der Waals surface area contributed by atoms with Gasteiger partial charge >= 0.3 is 0 Å². The Bertz CT molecular complexity index is 367. The van der Waals surface area contributed by atoms with Crippen LogP contribution >= 0.6 is 11.8 Å². The third kappa shape index (κ3) is 5.42. The number of amides is 1. The molecule has 1 atom stereocenters. The molecule has 0 bridgehead atoms. The summed E-state index contributed by atoms with van der Waals surface area (Å²) in [6.07, 6.45) is 0.186. The van der Waals surface area contributed by atoms with Gasteiger partial charge in [-0.3, -0.25) is 4.79 Å². The minimum absolute atomic E-state index is 0.0664. The summed E-state index contributed by atoms with van der Waals surface area (Å²) < 4.78 is 5.06. The maximum Gasteiger partial charge on any atom is 0.230 e. The van der Waals surface area contributed by atoms with Crippen molar-refractivity contribution in [1.82, 2.24) is 5.32 Å². The zero-order valence-corrected chi connectivity index (χ0v) is 11.5. The van der Waals surface area contributed by atoms with Crippen molar-refractivity contribution in [2.45, 2.75) is 24.3 Å². The van der Waals surface area contributed by atoms with Gasteiger partial charge in [-0.15, -0.1) is 11.8 Å². The van der Waals surface area contributed by atoms with Crippen LogP contribution in [0.25, 0.3) is 0 Å². The van der Waals surface area contributed by atoms with E-state index in [0.717, 1.165) is 10.6 Å². The topological polar surface area (TPSA) is 58.6 Å². The van der Waals surface area contributed by atoms with Crippen molar-refractivity contribution >= 4 is 17.7 Å². The molecule has 0 saturated heterocycles. The van der Waals surface area contributed by atoms with Crippen molar-refractivity contribution in [3.8, 4) is 5.75 Å². The third-order valence-corrected chi connectivity index (χ3v) is 3.45. The number of hydrogen-bond donors (Lipinski definition) is 2. The second-order valence-corrected chi connectivity index (χ2v) is 4.88. The molecule has 4 nitrogen and oxygen atoms in total. The van der Waals surface area contributed by atoms with Gasteiger partial charge in [0.1, 0.15) is 5.75 Å². The van der Waals surface area contributed by atoms with E-state index < -0.39 is 6.10 Å². The monoisotopic (exact) mass is 269 g/mol. The van der Waals surface area contributed by atoms with Crippen LogP contribution in [0, 0.1) is 0 Å². The predicted octanol–water partition coefficient (Wildman–Crippen LogP) is 1.67. The molecule has 0 aliphatic rings. The Morgan fingerprint density at radius 2 is 2.11 bits per heavy atom. The number of aliphatic hydroxyl groups excluding tert-OH is 1. The zero-order valence-electron chi connectivity index (χ0n) is 10.7. The molecule has 0 aliphatic carbocycles. The summed E-state index contributed by atoms with van der Waals surface area (Å²) in [4.78, 5) is 12.5. The van der Waals surface area contributed by atoms with Crippen molar-refractivity contribution < 1.29 is 14.6 Å². The molecule has 2 N–H and O–H groups in total. The fraction of sp³-hybridized carbons (Fsp3) is 0.462. The maximum atomic E-state index is 11.5. The predicted molar refractivity (Wildman–Crippen MR) is 73.0 cm³/mol. The first-order valence-corrected chi connectivity index (χ1v) is 6.86. The van der Waals surface area contributed by atoms with Crippen LogP contribution in [0.15, 0.2) is 29.2 Å². The van der Waals surface area contributed by atoms with Crippen molar-refractivity contribution in [3.05, 3.63) is 24.3 Å². The van der Waals surface area contributed by atoms with Gasteiger partial charge in [-0.05, 0) is 30.7 Å². The summed E-state index contributed by atoms with van der Waals surface area (Å²) in [6, 6.07) is 7.55. The third-order valence-electron chi connectivity index (χ3n) is 2.44. The number of ether oxygens (including phenoxy) is 1.